The first kappa shape index (κ1) is 26.0. The number of hydrogen-bond donors (Lipinski definition) is 2. The van der Waals surface area contributed by atoms with Crippen molar-refractivity contribution < 1.29 is 18.0 Å². The third-order valence-electron chi connectivity index (χ3n) is 3.80. The Morgan fingerprint density at radius 3 is 2.10 bits per heavy atom. The highest BCUT2D eigenvalue weighted by Crippen LogP contribution is 2.30. The molecule has 0 saturated carbocycles. The number of amides is 1. The molecule has 0 bridgehead atoms. The Kier molecular flexibility index (Phi) is 9.58. The average Bonchev–Trinajstić information content (AvgIpc) is 3.13. The lowest BCUT2D eigenvalue weighted by Gasteiger charge is -2.11. The van der Waals surface area contributed by atoms with Crippen molar-refractivity contribution in [1.82, 2.24) is 9.78 Å². The highest BCUT2D eigenvalue weighted by Gasteiger charge is 2.34. The summed E-state index contributed by atoms with van der Waals surface area (Å²) >= 11 is 5.79. The number of aromatic nitrogens is 2. The summed E-state index contributed by atoms with van der Waals surface area (Å²) in [5.41, 5.74) is 6.51. The highest BCUT2D eigenvalue weighted by molar-refractivity contribution is 6.30. The van der Waals surface area contributed by atoms with Crippen LogP contribution in [0.15, 0.2) is 48.5 Å². The van der Waals surface area contributed by atoms with Gasteiger partial charge in [-0.3, -0.25) is 4.79 Å². The van der Waals surface area contributed by atoms with E-state index in [-0.39, 0.29) is 23.0 Å². The molecule has 0 saturated heterocycles. The van der Waals surface area contributed by atoms with Crippen molar-refractivity contribution in [2.75, 3.05) is 11.1 Å². The van der Waals surface area contributed by atoms with Gasteiger partial charge >= 0.3 is 6.18 Å². The van der Waals surface area contributed by atoms with Crippen LogP contribution in [0.3, 0.4) is 0 Å². The Morgan fingerprint density at radius 2 is 1.61 bits per heavy atom. The van der Waals surface area contributed by atoms with Crippen LogP contribution in [0, 0.1) is 6.92 Å². The van der Waals surface area contributed by atoms with Crippen molar-refractivity contribution in [3.63, 3.8) is 0 Å². The fraction of sp³-hybridized carbons (Fsp3) is 0.273. The Labute approximate surface area is 185 Å². The molecule has 0 unspecified atom stereocenters. The molecule has 9 heteroatoms. The molecule has 1 heterocycles. The van der Waals surface area contributed by atoms with Crippen LogP contribution < -0.4 is 11.1 Å². The summed E-state index contributed by atoms with van der Waals surface area (Å²) in [6.07, 6.45) is -4.54. The van der Waals surface area contributed by atoms with E-state index in [4.69, 9.17) is 17.3 Å². The minimum absolute atomic E-state index is 0.170. The zero-order chi connectivity index (χ0) is 23.8. The normalized spacial score (nSPS) is 10.4. The molecule has 0 radical (unpaired) electrons. The van der Waals surface area contributed by atoms with E-state index in [2.05, 4.69) is 10.4 Å². The maximum absolute atomic E-state index is 12.8. The molecular formula is C22H26ClF3N4O. The number of rotatable bonds is 3. The van der Waals surface area contributed by atoms with E-state index in [9.17, 15) is 18.0 Å². The first-order valence-electron chi connectivity index (χ1n) is 9.76. The summed E-state index contributed by atoms with van der Waals surface area (Å²) in [6.45, 7) is 9.50. The first-order valence-corrected chi connectivity index (χ1v) is 10.1. The molecule has 0 aliphatic heterocycles. The van der Waals surface area contributed by atoms with E-state index in [0.29, 0.717) is 16.3 Å². The first-order chi connectivity index (χ1) is 14.6. The summed E-state index contributed by atoms with van der Waals surface area (Å²) in [5.74, 6) is -0.367. The molecule has 3 aromatic rings. The minimum atomic E-state index is -4.54. The van der Waals surface area contributed by atoms with Crippen LogP contribution in [0.2, 0.25) is 5.02 Å². The van der Waals surface area contributed by atoms with Gasteiger partial charge in [0.2, 0.25) is 0 Å². The number of alkyl halides is 3. The molecule has 0 fully saturated rings. The predicted molar refractivity (Wildman–Crippen MR) is 120 cm³/mol. The SMILES string of the molecule is CC.CC.Cc1cc(C(F)(F)F)nn1-c1ccc(NC(=O)c2ccc(Cl)cc2)cc1N. The van der Waals surface area contributed by atoms with Crippen molar-refractivity contribution in [3.8, 4) is 5.69 Å². The second kappa shape index (κ2) is 11.4. The standard InChI is InChI=1S/C18H14ClF3N4O.2C2H6/c1-10-8-16(18(20,21)22)25-26(10)15-7-6-13(9-14(15)23)24-17(27)11-2-4-12(19)5-3-11;2*1-2/h2-9H,23H2,1H3,(H,24,27);2*1-2H3. The van der Waals surface area contributed by atoms with Crippen molar-refractivity contribution in [2.24, 2.45) is 0 Å². The number of aryl methyl sites for hydroxylation is 1. The number of benzene rings is 2. The summed E-state index contributed by atoms with van der Waals surface area (Å²) in [6, 6.07) is 11.7. The summed E-state index contributed by atoms with van der Waals surface area (Å²) in [4.78, 5) is 12.2. The van der Waals surface area contributed by atoms with Gasteiger partial charge in [0.15, 0.2) is 5.69 Å². The van der Waals surface area contributed by atoms with E-state index in [1.165, 1.54) is 25.1 Å². The van der Waals surface area contributed by atoms with E-state index in [1.54, 1.807) is 24.3 Å². The zero-order valence-corrected chi connectivity index (χ0v) is 18.8. The van der Waals surface area contributed by atoms with E-state index >= 15 is 0 Å². The number of anilines is 2. The van der Waals surface area contributed by atoms with Gasteiger partial charge in [0.05, 0.1) is 11.4 Å². The smallest absolute Gasteiger partial charge is 0.397 e. The van der Waals surface area contributed by atoms with Crippen molar-refractivity contribution >= 4 is 28.9 Å². The largest absolute Gasteiger partial charge is 0.435 e. The predicted octanol–water partition coefficient (Wildman–Crippen LogP) is 6.74. The van der Waals surface area contributed by atoms with Crippen molar-refractivity contribution in [2.45, 2.75) is 40.8 Å². The molecule has 3 N–H and O–H groups in total. The number of halogens is 4. The van der Waals surface area contributed by atoms with Gasteiger partial charge in [-0.25, -0.2) is 4.68 Å². The monoisotopic (exact) mass is 454 g/mol. The molecule has 31 heavy (non-hydrogen) atoms. The topological polar surface area (TPSA) is 72.9 Å². The number of hydrogen-bond acceptors (Lipinski definition) is 3. The lowest BCUT2D eigenvalue weighted by Crippen LogP contribution is -2.13. The van der Waals surface area contributed by atoms with Crippen LogP contribution in [-0.4, -0.2) is 15.7 Å². The molecule has 3 rings (SSSR count). The number of carbonyl (C=O) groups excluding carboxylic acids is 1. The van der Waals surface area contributed by atoms with Crippen LogP contribution in [0.25, 0.3) is 5.69 Å². The highest BCUT2D eigenvalue weighted by atomic mass is 35.5. The quantitative estimate of drug-likeness (QED) is 0.430. The molecule has 0 spiro atoms. The van der Waals surface area contributed by atoms with E-state index in [1.807, 2.05) is 27.7 Å². The Hall–Kier alpha value is -3.00. The summed E-state index contributed by atoms with van der Waals surface area (Å²) < 4.78 is 39.6. The van der Waals surface area contributed by atoms with Gasteiger partial charge in [0, 0.05) is 22.0 Å². The van der Waals surface area contributed by atoms with E-state index < -0.39 is 11.9 Å². The van der Waals surface area contributed by atoms with Gasteiger partial charge < -0.3 is 11.1 Å². The molecule has 5 nitrogen and oxygen atoms in total. The third kappa shape index (κ3) is 6.75. The van der Waals surface area contributed by atoms with Gasteiger partial charge in [-0.2, -0.15) is 18.3 Å². The van der Waals surface area contributed by atoms with Gasteiger partial charge in [-0.15, -0.1) is 0 Å². The number of nitrogens with zero attached hydrogens (tertiary/aromatic N) is 2. The number of nitrogen functional groups attached to an aromatic ring is 1. The van der Waals surface area contributed by atoms with Crippen molar-refractivity contribution in [3.05, 3.63) is 70.5 Å². The van der Waals surface area contributed by atoms with Gasteiger partial charge in [-0.1, -0.05) is 39.3 Å². The molecule has 168 valence electrons. The lowest BCUT2D eigenvalue weighted by atomic mass is 10.2. The summed E-state index contributed by atoms with van der Waals surface area (Å²) in [5, 5.41) is 6.75. The molecule has 1 aromatic heterocycles. The molecule has 0 atom stereocenters. The number of nitrogens with one attached hydrogen (secondary N) is 1. The van der Waals surface area contributed by atoms with Crippen LogP contribution >= 0.6 is 11.6 Å². The van der Waals surface area contributed by atoms with Crippen molar-refractivity contribution in [1.29, 1.82) is 0 Å². The fourth-order valence-corrected chi connectivity index (χ4v) is 2.61. The van der Waals surface area contributed by atoms with Crippen LogP contribution in [0.1, 0.15) is 49.4 Å². The van der Waals surface area contributed by atoms with Gasteiger partial charge in [-0.05, 0) is 55.5 Å². The molecule has 0 aliphatic carbocycles. The minimum Gasteiger partial charge on any atom is -0.397 e. The average molecular weight is 455 g/mol. The van der Waals surface area contributed by atoms with Crippen LogP contribution in [0.5, 0.6) is 0 Å². The molecular weight excluding hydrogens is 429 g/mol. The van der Waals surface area contributed by atoms with Crippen LogP contribution in [-0.2, 0) is 6.18 Å². The van der Waals surface area contributed by atoms with Crippen LogP contribution in [0.4, 0.5) is 24.5 Å². The van der Waals surface area contributed by atoms with E-state index in [0.717, 1.165) is 10.7 Å². The zero-order valence-electron chi connectivity index (χ0n) is 18.0. The molecule has 0 aliphatic rings. The maximum atomic E-state index is 12.8. The van der Waals surface area contributed by atoms with Gasteiger partial charge in [0.25, 0.3) is 5.91 Å². The Bertz CT molecular complexity index is 999. The number of nitrogens with two attached hydrogens (primary N) is 1. The third-order valence-corrected chi connectivity index (χ3v) is 4.05. The fourth-order valence-electron chi connectivity index (χ4n) is 2.49. The molecule has 1 amide bonds. The molecule has 2 aromatic carbocycles. The Morgan fingerprint density at radius 1 is 1.03 bits per heavy atom. The lowest BCUT2D eigenvalue weighted by molar-refractivity contribution is -0.141. The summed E-state index contributed by atoms with van der Waals surface area (Å²) in [7, 11) is 0. The van der Waals surface area contributed by atoms with Gasteiger partial charge in [0.1, 0.15) is 0 Å². The maximum Gasteiger partial charge on any atom is 0.435 e. The second-order valence-corrected chi connectivity index (χ2v) is 6.25. The second-order valence-electron chi connectivity index (χ2n) is 5.82. The number of carbonyl (C=O) groups is 1. The Balaban J connectivity index is 0.00000113.